The highest BCUT2D eigenvalue weighted by molar-refractivity contribution is 8.03. The van der Waals surface area contributed by atoms with E-state index in [0.717, 1.165) is 13.1 Å². The Kier molecular flexibility index (Phi) is 11.5. The van der Waals surface area contributed by atoms with Crippen LogP contribution in [-0.4, -0.2) is 22.7 Å². The van der Waals surface area contributed by atoms with E-state index in [2.05, 4.69) is 128 Å². The molecule has 0 saturated carbocycles. The lowest BCUT2D eigenvalue weighted by atomic mass is 10.3. The van der Waals surface area contributed by atoms with Crippen molar-refractivity contribution in [2.24, 2.45) is 0 Å². The Hall–Kier alpha value is -1.14. The van der Waals surface area contributed by atoms with Crippen molar-refractivity contribution in [2.75, 3.05) is 11.4 Å². The molecule has 3 aromatic rings. The number of fused-ring (bicyclic) bond motifs is 2. The van der Waals surface area contributed by atoms with Crippen molar-refractivity contribution in [3.8, 4) is 0 Å². The lowest BCUT2D eigenvalue weighted by Gasteiger charge is -2.22. The van der Waals surface area contributed by atoms with E-state index in [4.69, 9.17) is 0 Å². The Balaban J connectivity index is 0.00000400. The average Bonchev–Trinajstić information content (AvgIpc) is 3.35. The van der Waals surface area contributed by atoms with Crippen LogP contribution in [0.15, 0.2) is 82.8 Å². The molecule has 0 spiro atoms. The van der Waals surface area contributed by atoms with Gasteiger partial charge >= 0.3 is 0 Å². The molecule has 7 heteroatoms. The molecule has 4 rings (SSSR count). The van der Waals surface area contributed by atoms with Crippen molar-refractivity contribution in [1.82, 2.24) is 0 Å². The molecule has 0 bridgehead atoms. The molecule has 1 aliphatic heterocycles. The number of thioether (sulfide) groups is 1. The minimum absolute atomic E-state index is 0. The molecule has 1 aliphatic rings. The molecule has 0 saturated heterocycles. The van der Waals surface area contributed by atoms with Crippen LogP contribution in [0.25, 0.3) is 16.3 Å². The molecule has 2 nitrogen and oxygen atoms in total. The van der Waals surface area contributed by atoms with Gasteiger partial charge in [-0.15, -0.1) is 0 Å². The average molecular weight is 691 g/mol. The highest BCUT2D eigenvalue weighted by atomic mass is 127. The van der Waals surface area contributed by atoms with Crippen LogP contribution in [0, 0.1) is 0 Å². The minimum atomic E-state index is -1.02. The second-order valence-corrected chi connectivity index (χ2v) is 25.7. The maximum absolute atomic E-state index is 2.52. The fourth-order valence-corrected chi connectivity index (χ4v) is 9.33. The monoisotopic (exact) mass is 690 g/mol. The topological polar surface area (TPSA) is 7.12 Å². The number of hydrogen-bond acceptors (Lipinski definition) is 3. The minimum Gasteiger partial charge on any atom is -1.00 e. The van der Waals surface area contributed by atoms with Crippen LogP contribution >= 0.6 is 23.1 Å². The summed E-state index contributed by atoms with van der Waals surface area (Å²) in [6, 6.07) is 20.4. The van der Waals surface area contributed by atoms with Crippen molar-refractivity contribution in [2.45, 2.75) is 75.7 Å². The highest BCUT2D eigenvalue weighted by Crippen LogP contribution is 2.45. The molecule has 1 aromatic heterocycles. The van der Waals surface area contributed by atoms with Gasteiger partial charge in [0.25, 0.3) is 5.01 Å². The van der Waals surface area contributed by atoms with Crippen molar-refractivity contribution >= 4 is 61.2 Å². The molecule has 2 aromatic carbocycles. The number of hydrogen-bond donors (Lipinski definition) is 0. The lowest BCUT2D eigenvalue weighted by molar-refractivity contribution is -0.668. The van der Waals surface area contributed by atoms with Crippen LogP contribution in [0.3, 0.4) is 0 Å². The molecule has 38 heavy (non-hydrogen) atoms. The molecule has 204 valence electrons. The van der Waals surface area contributed by atoms with Gasteiger partial charge in [0.1, 0.15) is 11.2 Å². The SMILES string of the molecule is C[Si](C)(C)CCCN1C(=CC=CC=Cc2sc3ccccc3[n+]2CCC[Si](C)(C)C)Sc2ccccc21.[I-]. The molecule has 0 radical (unpaired) electrons. The van der Waals surface area contributed by atoms with E-state index in [1.165, 1.54) is 55.8 Å². The van der Waals surface area contributed by atoms with E-state index in [1.807, 2.05) is 23.1 Å². The summed E-state index contributed by atoms with van der Waals surface area (Å²) in [4.78, 5) is 3.89. The van der Waals surface area contributed by atoms with Gasteiger partial charge in [-0.05, 0) is 30.7 Å². The third kappa shape index (κ3) is 8.94. The number of thiazole rings is 1. The zero-order valence-corrected chi connectivity index (χ0v) is 29.6. The van der Waals surface area contributed by atoms with Gasteiger partial charge in [0.2, 0.25) is 5.52 Å². The first-order chi connectivity index (χ1) is 17.6. The standard InChI is InChI=1S/C31H43N2S2Si2.HI/c1-36(2,3)24-14-22-32-26-16-10-12-18-28(26)34-30(32)20-8-7-9-21-31-33(23-15-25-37(4,5)6)27-17-11-13-19-29(27)35-31;/h7-13,16-21H,14-15,22-25H2,1-6H3;1H/q+1;/p-1. The van der Waals surface area contributed by atoms with Crippen LogP contribution < -0.4 is 33.4 Å². The number of halogens is 1. The third-order valence-electron chi connectivity index (χ3n) is 6.59. The van der Waals surface area contributed by atoms with E-state index >= 15 is 0 Å². The molecule has 0 unspecified atom stereocenters. The number of para-hydroxylation sites is 2. The van der Waals surface area contributed by atoms with Crippen LogP contribution in [0.5, 0.6) is 0 Å². The van der Waals surface area contributed by atoms with Gasteiger partial charge in [0.15, 0.2) is 0 Å². The van der Waals surface area contributed by atoms with Crippen LogP contribution in [0.4, 0.5) is 5.69 Å². The molecule has 0 N–H and O–H groups in total. The van der Waals surface area contributed by atoms with Gasteiger partial charge in [0.05, 0.1) is 10.7 Å². The highest BCUT2D eigenvalue weighted by Gasteiger charge is 2.25. The van der Waals surface area contributed by atoms with E-state index in [9.17, 15) is 0 Å². The van der Waals surface area contributed by atoms with Gasteiger partial charge in [-0.2, -0.15) is 4.57 Å². The quantitative estimate of drug-likeness (QED) is 0.0961. The Bertz CT molecular complexity index is 1300. The lowest BCUT2D eigenvalue weighted by Crippen LogP contribution is -3.00. The van der Waals surface area contributed by atoms with E-state index in [1.54, 1.807) is 0 Å². The number of benzene rings is 2. The largest absolute Gasteiger partial charge is 1.00 e. The second kappa shape index (κ2) is 14.0. The maximum Gasteiger partial charge on any atom is 0.262 e. The summed E-state index contributed by atoms with van der Waals surface area (Å²) in [5.74, 6) is 0. The van der Waals surface area contributed by atoms with Crippen molar-refractivity contribution in [3.63, 3.8) is 0 Å². The van der Waals surface area contributed by atoms with Gasteiger partial charge < -0.3 is 28.9 Å². The van der Waals surface area contributed by atoms with E-state index in [-0.39, 0.29) is 24.0 Å². The zero-order valence-electron chi connectivity index (χ0n) is 23.8. The first kappa shape index (κ1) is 31.4. The Morgan fingerprint density at radius 2 is 1.50 bits per heavy atom. The Morgan fingerprint density at radius 1 is 0.816 bits per heavy atom. The summed E-state index contributed by atoms with van der Waals surface area (Å²) in [6.07, 6.45) is 13.7. The molecule has 0 fully saturated rings. The predicted octanol–water partition coefficient (Wildman–Crippen LogP) is 6.67. The maximum atomic E-state index is 2.52. The van der Waals surface area contributed by atoms with Gasteiger partial charge in [-0.3, -0.25) is 0 Å². The Labute approximate surface area is 258 Å². The number of aryl methyl sites for hydroxylation is 1. The van der Waals surface area contributed by atoms with Crippen molar-refractivity contribution in [1.29, 1.82) is 0 Å². The molecule has 2 heterocycles. The molecule has 0 amide bonds. The normalized spacial score (nSPS) is 15.2. The Morgan fingerprint density at radius 3 is 2.26 bits per heavy atom. The molecular weight excluding hydrogens is 648 g/mol. The first-order valence-electron chi connectivity index (χ1n) is 13.6. The fraction of sp³-hybridized carbons (Fsp3) is 0.387. The van der Waals surface area contributed by atoms with Crippen molar-refractivity contribution < 1.29 is 28.5 Å². The summed E-state index contributed by atoms with van der Waals surface area (Å²) in [7, 11) is -2.04. The zero-order chi connectivity index (χ0) is 26.5. The summed E-state index contributed by atoms with van der Waals surface area (Å²) in [6.45, 7) is 17.0. The van der Waals surface area contributed by atoms with E-state index in [0.29, 0.717) is 0 Å². The van der Waals surface area contributed by atoms with Gasteiger partial charge in [0, 0.05) is 46.2 Å². The van der Waals surface area contributed by atoms with Crippen LogP contribution in [0.2, 0.25) is 51.4 Å². The molecule has 0 aliphatic carbocycles. The first-order valence-corrected chi connectivity index (χ1v) is 22.7. The van der Waals surface area contributed by atoms with Gasteiger partial charge in [-0.25, -0.2) is 0 Å². The van der Waals surface area contributed by atoms with Gasteiger partial charge in [-0.1, -0.05) is 117 Å². The second-order valence-electron chi connectivity index (χ2n) is 12.4. The third-order valence-corrected chi connectivity index (χ3v) is 12.6. The van der Waals surface area contributed by atoms with E-state index < -0.39 is 16.1 Å². The summed E-state index contributed by atoms with van der Waals surface area (Å²) in [5.41, 5.74) is 2.73. The molecule has 0 atom stereocenters. The predicted molar refractivity (Wildman–Crippen MR) is 173 cm³/mol. The number of rotatable bonds is 11. The fourth-order valence-electron chi connectivity index (χ4n) is 4.69. The summed E-state index contributed by atoms with van der Waals surface area (Å²) >= 11 is 3.79. The number of aromatic nitrogens is 1. The summed E-state index contributed by atoms with van der Waals surface area (Å²) < 4.78 is 3.89. The smallest absolute Gasteiger partial charge is 0.262 e. The van der Waals surface area contributed by atoms with Crippen LogP contribution in [-0.2, 0) is 6.54 Å². The number of anilines is 1. The summed E-state index contributed by atoms with van der Waals surface area (Å²) in [5, 5.41) is 2.68. The van der Waals surface area contributed by atoms with Crippen LogP contribution in [0.1, 0.15) is 17.8 Å². The number of allylic oxidation sites excluding steroid dienone is 4. The molecular formula is C31H43IN2S2Si2. The number of nitrogens with zero attached hydrogens (tertiary/aromatic N) is 2. The van der Waals surface area contributed by atoms with Crippen molar-refractivity contribution in [3.05, 3.63) is 82.9 Å².